The van der Waals surface area contributed by atoms with Crippen LogP contribution in [0.25, 0.3) is 0 Å². The molecule has 1 aliphatic rings. The number of benzene rings is 1. The van der Waals surface area contributed by atoms with E-state index in [1.54, 1.807) is 6.07 Å². The Morgan fingerprint density at radius 3 is 2.71 bits per heavy atom. The average molecular weight is 310 g/mol. The van der Waals surface area contributed by atoms with Gasteiger partial charge in [-0.25, -0.2) is 18.4 Å². The summed E-state index contributed by atoms with van der Waals surface area (Å²) in [6.07, 6.45) is 6.98. The summed E-state index contributed by atoms with van der Waals surface area (Å²) >= 11 is 0. The Morgan fingerprint density at radius 1 is 1.38 bits per heavy atom. The minimum atomic E-state index is -3.86. The lowest BCUT2D eigenvalue weighted by Crippen LogP contribution is -2.22. The summed E-state index contributed by atoms with van der Waals surface area (Å²) in [5.41, 5.74) is 0.716. The number of nitrogens with two attached hydrogens (primary N) is 1. The molecule has 1 aliphatic carbocycles. The second kappa shape index (κ2) is 6.28. The fourth-order valence-corrected chi connectivity index (χ4v) is 2.79. The lowest BCUT2D eigenvalue weighted by Gasteiger charge is -2.22. The van der Waals surface area contributed by atoms with Crippen LogP contribution in [0.4, 0.5) is 5.69 Å². The first kappa shape index (κ1) is 15.5. The standard InChI is InChI=1S/C14H18N2O4S/c1-20-14(17)12-9-11(21(15,18)19)7-8-13(12)16-10-5-3-2-4-6-10/h2-3,7-10,16H,4-6H2,1H3,(H2,15,18,19). The van der Waals surface area contributed by atoms with E-state index >= 15 is 0 Å². The number of hydrogen-bond acceptors (Lipinski definition) is 5. The van der Waals surface area contributed by atoms with Crippen molar-refractivity contribution in [3.63, 3.8) is 0 Å². The largest absolute Gasteiger partial charge is 0.465 e. The van der Waals surface area contributed by atoms with Gasteiger partial charge in [0.25, 0.3) is 0 Å². The van der Waals surface area contributed by atoms with Gasteiger partial charge in [0.05, 0.1) is 17.6 Å². The predicted octanol–water partition coefficient (Wildman–Crippen LogP) is 1.64. The molecule has 6 nitrogen and oxygen atoms in total. The summed E-state index contributed by atoms with van der Waals surface area (Å²) in [5, 5.41) is 8.35. The van der Waals surface area contributed by atoms with Gasteiger partial charge in [-0.15, -0.1) is 0 Å². The third-order valence-electron chi connectivity index (χ3n) is 3.35. The number of esters is 1. The number of carbonyl (C=O) groups excluding carboxylic acids is 1. The average Bonchev–Trinajstić information content (AvgIpc) is 2.47. The Labute approximate surface area is 124 Å². The molecular formula is C14H18N2O4S. The van der Waals surface area contributed by atoms with Gasteiger partial charge in [0, 0.05) is 11.7 Å². The first-order valence-corrected chi connectivity index (χ1v) is 8.13. The third-order valence-corrected chi connectivity index (χ3v) is 4.26. The molecule has 0 spiro atoms. The van der Waals surface area contributed by atoms with E-state index in [2.05, 4.69) is 17.5 Å². The Kier molecular flexibility index (Phi) is 4.64. The highest BCUT2D eigenvalue weighted by Gasteiger charge is 2.19. The van der Waals surface area contributed by atoms with Crippen molar-refractivity contribution in [3.8, 4) is 0 Å². The topological polar surface area (TPSA) is 98.5 Å². The van der Waals surface area contributed by atoms with Gasteiger partial charge in [-0.05, 0) is 37.5 Å². The van der Waals surface area contributed by atoms with E-state index in [0.717, 1.165) is 19.3 Å². The summed E-state index contributed by atoms with van der Waals surface area (Å²) in [5.74, 6) is -0.602. The zero-order valence-corrected chi connectivity index (χ0v) is 12.5. The van der Waals surface area contributed by atoms with Gasteiger partial charge in [-0.1, -0.05) is 12.2 Å². The van der Waals surface area contributed by atoms with E-state index in [1.807, 2.05) is 0 Å². The van der Waals surface area contributed by atoms with Gasteiger partial charge in [-0.3, -0.25) is 0 Å². The van der Waals surface area contributed by atoms with Gasteiger partial charge in [-0.2, -0.15) is 0 Å². The predicted molar refractivity (Wildman–Crippen MR) is 79.6 cm³/mol. The molecule has 0 radical (unpaired) electrons. The number of allylic oxidation sites excluding steroid dienone is 1. The van der Waals surface area contributed by atoms with E-state index in [9.17, 15) is 13.2 Å². The highest BCUT2D eigenvalue weighted by molar-refractivity contribution is 7.89. The van der Waals surface area contributed by atoms with Crippen LogP contribution in [-0.2, 0) is 14.8 Å². The monoisotopic (exact) mass is 310 g/mol. The molecule has 21 heavy (non-hydrogen) atoms. The summed E-state index contributed by atoms with van der Waals surface area (Å²) in [4.78, 5) is 11.7. The van der Waals surface area contributed by atoms with Crippen LogP contribution in [0.1, 0.15) is 29.6 Å². The van der Waals surface area contributed by atoms with Gasteiger partial charge in [0.1, 0.15) is 0 Å². The van der Waals surface area contributed by atoms with Crippen LogP contribution in [0.15, 0.2) is 35.2 Å². The minimum absolute atomic E-state index is 0.114. The first-order chi connectivity index (χ1) is 9.91. The Morgan fingerprint density at radius 2 is 2.14 bits per heavy atom. The van der Waals surface area contributed by atoms with Crippen molar-refractivity contribution in [3.05, 3.63) is 35.9 Å². The van der Waals surface area contributed by atoms with Crippen LogP contribution >= 0.6 is 0 Å². The second-order valence-corrected chi connectivity index (χ2v) is 6.43. The van der Waals surface area contributed by atoms with Crippen LogP contribution in [0.3, 0.4) is 0 Å². The summed E-state index contributed by atoms with van der Waals surface area (Å²) in [7, 11) is -2.61. The smallest absolute Gasteiger partial charge is 0.340 e. The zero-order chi connectivity index (χ0) is 15.5. The van der Waals surface area contributed by atoms with Crippen molar-refractivity contribution < 1.29 is 17.9 Å². The van der Waals surface area contributed by atoms with E-state index in [4.69, 9.17) is 9.88 Å². The number of primary sulfonamides is 1. The number of anilines is 1. The van der Waals surface area contributed by atoms with Crippen molar-refractivity contribution in [1.82, 2.24) is 0 Å². The van der Waals surface area contributed by atoms with Crippen molar-refractivity contribution in [2.75, 3.05) is 12.4 Å². The number of sulfonamides is 1. The van der Waals surface area contributed by atoms with Crippen molar-refractivity contribution in [1.29, 1.82) is 0 Å². The summed E-state index contributed by atoms with van der Waals surface area (Å²) in [6.45, 7) is 0. The number of carbonyl (C=O) groups is 1. The lowest BCUT2D eigenvalue weighted by molar-refractivity contribution is 0.0601. The van der Waals surface area contributed by atoms with E-state index in [-0.39, 0.29) is 16.5 Å². The van der Waals surface area contributed by atoms with Gasteiger partial charge in [0.15, 0.2) is 0 Å². The summed E-state index contributed by atoms with van der Waals surface area (Å²) < 4.78 is 27.5. The highest BCUT2D eigenvalue weighted by atomic mass is 32.2. The molecule has 0 heterocycles. The first-order valence-electron chi connectivity index (χ1n) is 6.58. The molecule has 7 heteroatoms. The molecule has 0 saturated heterocycles. The fourth-order valence-electron chi connectivity index (χ4n) is 2.25. The molecule has 1 aromatic rings. The number of nitrogens with one attached hydrogen (secondary N) is 1. The number of hydrogen-bond donors (Lipinski definition) is 2. The van der Waals surface area contributed by atoms with Crippen LogP contribution in [0, 0.1) is 0 Å². The Hall–Kier alpha value is -1.86. The van der Waals surface area contributed by atoms with Gasteiger partial charge in [0.2, 0.25) is 10.0 Å². The van der Waals surface area contributed by atoms with Crippen LogP contribution in [-0.4, -0.2) is 27.5 Å². The van der Waals surface area contributed by atoms with E-state index in [1.165, 1.54) is 19.2 Å². The molecule has 1 atom stereocenters. The SMILES string of the molecule is COC(=O)c1cc(S(N)(=O)=O)ccc1NC1CC=CCC1. The molecule has 0 aliphatic heterocycles. The van der Waals surface area contributed by atoms with Gasteiger partial charge < -0.3 is 10.1 Å². The molecule has 114 valence electrons. The molecule has 3 N–H and O–H groups in total. The lowest BCUT2D eigenvalue weighted by atomic mass is 10.0. The van der Waals surface area contributed by atoms with E-state index < -0.39 is 16.0 Å². The van der Waals surface area contributed by atoms with Crippen molar-refractivity contribution >= 4 is 21.7 Å². The molecule has 1 aromatic carbocycles. The van der Waals surface area contributed by atoms with Crippen LogP contribution in [0.5, 0.6) is 0 Å². The van der Waals surface area contributed by atoms with Crippen LogP contribution in [0.2, 0.25) is 0 Å². The maximum Gasteiger partial charge on any atom is 0.340 e. The quantitative estimate of drug-likeness (QED) is 0.650. The highest BCUT2D eigenvalue weighted by Crippen LogP contribution is 2.24. The molecular weight excluding hydrogens is 292 g/mol. The Balaban J connectivity index is 2.35. The van der Waals surface area contributed by atoms with Crippen molar-refractivity contribution in [2.45, 2.75) is 30.2 Å². The molecule has 0 saturated carbocycles. The number of ether oxygens (including phenoxy) is 1. The normalized spacial score (nSPS) is 18.3. The summed E-state index contributed by atoms with van der Waals surface area (Å²) in [6, 6.07) is 4.37. The molecule has 0 aromatic heterocycles. The zero-order valence-electron chi connectivity index (χ0n) is 11.7. The fraction of sp³-hybridized carbons (Fsp3) is 0.357. The van der Waals surface area contributed by atoms with E-state index in [0.29, 0.717) is 5.69 Å². The molecule has 0 amide bonds. The minimum Gasteiger partial charge on any atom is -0.465 e. The molecule has 2 rings (SSSR count). The maximum atomic E-state index is 11.8. The number of methoxy groups -OCH3 is 1. The van der Waals surface area contributed by atoms with Crippen LogP contribution < -0.4 is 10.5 Å². The number of rotatable bonds is 4. The van der Waals surface area contributed by atoms with Gasteiger partial charge >= 0.3 is 5.97 Å². The second-order valence-electron chi connectivity index (χ2n) is 4.87. The molecule has 0 bridgehead atoms. The Bertz CT molecular complexity index is 668. The molecule has 0 fully saturated rings. The maximum absolute atomic E-state index is 11.8. The molecule has 1 unspecified atom stereocenters. The van der Waals surface area contributed by atoms with Crippen molar-refractivity contribution in [2.24, 2.45) is 5.14 Å². The third kappa shape index (κ3) is 3.83.